The molecular formula is C15H21N5O. The zero-order valence-corrected chi connectivity index (χ0v) is 12.8. The number of carbonyl (C=O) groups excluding carboxylic acids is 1. The predicted octanol–water partition coefficient (Wildman–Crippen LogP) is 2.04. The van der Waals surface area contributed by atoms with Crippen LogP contribution in [0.3, 0.4) is 0 Å². The SMILES string of the molecule is CC(C)(C)C(=O)N1CCC(n2nnc3cccnc32)CC1. The number of hydrogen-bond donors (Lipinski definition) is 0. The van der Waals surface area contributed by atoms with Crippen molar-refractivity contribution in [3.8, 4) is 0 Å². The molecule has 3 rings (SSSR count). The van der Waals surface area contributed by atoms with E-state index < -0.39 is 0 Å². The predicted molar refractivity (Wildman–Crippen MR) is 79.6 cm³/mol. The van der Waals surface area contributed by atoms with Crippen LogP contribution in [0.15, 0.2) is 18.3 Å². The van der Waals surface area contributed by atoms with Crippen molar-refractivity contribution in [1.82, 2.24) is 24.9 Å². The average molecular weight is 287 g/mol. The van der Waals surface area contributed by atoms with Crippen LogP contribution in [-0.4, -0.2) is 43.9 Å². The van der Waals surface area contributed by atoms with E-state index in [1.54, 1.807) is 6.20 Å². The van der Waals surface area contributed by atoms with E-state index in [1.165, 1.54) is 0 Å². The zero-order chi connectivity index (χ0) is 15.0. The zero-order valence-electron chi connectivity index (χ0n) is 12.8. The van der Waals surface area contributed by atoms with Gasteiger partial charge < -0.3 is 4.90 Å². The van der Waals surface area contributed by atoms with Crippen LogP contribution in [0.4, 0.5) is 0 Å². The molecule has 2 aromatic heterocycles. The first kappa shape index (κ1) is 14.0. The van der Waals surface area contributed by atoms with Gasteiger partial charge in [0.2, 0.25) is 5.91 Å². The molecule has 1 aliphatic heterocycles. The molecule has 3 heterocycles. The van der Waals surface area contributed by atoms with Crippen molar-refractivity contribution >= 4 is 17.1 Å². The molecule has 0 aliphatic carbocycles. The lowest BCUT2D eigenvalue weighted by Crippen LogP contribution is -2.44. The Hall–Kier alpha value is -1.98. The third-order valence-electron chi connectivity index (χ3n) is 3.97. The summed E-state index contributed by atoms with van der Waals surface area (Å²) in [5.74, 6) is 0.225. The number of amides is 1. The summed E-state index contributed by atoms with van der Waals surface area (Å²) in [5, 5.41) is 8.40. The third-order valence-corrected chi connectivity index (χ3v) is 3.97. The van der Waals surface area contributed by atoms with Crippen LogP contribution in [0.2, 0.25) is 0 Å². The summed E-state index contributed by atoms with van der Waals surface area (Å²) >= 11 is 0. The van der Waals surface area contributed by atoms with Crippen LogP contribution < -0.4 is 0 Å². The standard InChI is InChI=1S/C15H21N5O/c1-15(2,3)14(21)19-9-6-11(7-10-19)20-13-12(17-18-20)5-4-8-16-13/h4-5,8,11H,6-7,9-10H2,1-3H3. The average Bonchev–Trinajstić information content (AvgIpc) is 2.90. The van der Waals surface area contributed by atoms with Crippen molar-refractivity contribution in [3.05, 3.63) is 18.3 Å². The van der Waals surface area contributed by atoms with Gasteiger partial charge in [0, 0.05) is 24.7 Å². The van der Waals surface area contributed by atoms with Gasteiger partial charge in [-0.25, -0.2) is 9.67 Å². The summed E-state index contributed by atoms with van der Waals surface area (Å²) in [6.07, 6.45) is 3.56. The molecule has 0 unspecified atom stereocenters. The summed E-state index contributed by atoms with van der Waals surface area (Å²) in [6.45, 7) is 7.45. The molecule has 112 valence electrons. The van der Waals surface area contributed by atoms with Gasteiger partial charge in [-0.3, -0.25) is 4.79 Å². The molecular weight excluding hydrogens is 266 g/mol. The number of aromatic nitrogens is 4. The number of fused-ring (bicyclic) bond motifs is 1. The van der Waals surface area contributed by atoms with Crippen LogP contribution >= 0.6 is 0 Å². The Balaban J connectivity index is 1.73. The monoisotopic (exact) mass is 287 g/mol. The van der Waals surface area contributed by atoms with Crippen LogP contribution in [-0.2, 0) is 4.79 Å². The maximum Gasteiger partial charge on any atom is 0.227 e. The Labute approximate surface area is 124 Å². The minimum atomic E-state index is -0.311. The van der Waals surface area contributed by atoms with Crippen LogP contribution in [0.25, 0.3) is 11.2 Å². The van der Waals surface area contributed by atoms with Crippen LogP contribution in [0.5, 0.6) is 0 Å². The molecule has 1 aliphatic rings. The van der Waals surface area contributed by atoms with Gasteiger partial charge in [-0.2, -0.15) is 0 Å². The molecule has 1 amide bonds. The van der Waals surface area contributed by atoms with E-state index in [2.05, 4.69) is 15.3 Å². The van der Waals surface area contributed by atoms with Gasteiger partial charge >= 0.3 is 0 Å². The molecule has 1 fully saturated rings. The first-order chi connectivity index (χ1) is 9.97. The van der Waals surface area contributed by atoms with Crippen LogP contribution in [0, 0.1) is 5.41 Å². The maximum absolute atomic E-state index is 12.3. The molecule has 6 nitrogen and oxygen atoms in total. The van der Waals surface area contributed by atoms with Gasteiger partial charge in [0.1, 0.15) is 5.52 Å². The van der Waals surface area contributed by atoms with Gasteiger partial charge in [-0.05, 0) is 25.0 Å². The number of carbonyl (C=O) groups is 1. The van der Waals surface area contributed by atoms with E-state index in [4.69, 9.17) is 0 Å². The number of pyridine rings is 1. The smallest absolute Gasteiger partial charge is 0.227 e. The Morgan fingerprint density at radius 1 is 1.29 bits per heavy atom. The van der Waals surface area contributed by atoms with E-state index in [0.29, 0.717) is 0 Å². The van der Waals surface area contributed by atoms with Gasteiger partial charge in [0.05, 0.1) is 6.04 Å². The lowest BCUT2D eigenvalue weighted by atomic mass is 9.93. The quantitative estimate of drug-likeness (QED) is 0.805. The fraction of sp³-hybridized carbons (Fsp3) is 0.600. The molecule has 6 heteroatoms. The van der Waals surface area contributed by atoms with Crippen molar-refractivity contribution in [1.29, 1.82) is 0 Å². The summed E-state index contributed by atoms with van der Waals surface area (Å²) < 4.78 is 1.91. The molecule has 0 atom stereocenters. The molecule has 0 N–H and O–H groups in total. The Bertz CT molecular complexity index is 649. The van der Waals surface area contributed by atoms with Crippen molar-refractivity contribution in [2.24, 2.45) is 5.41 Å². The summed E-state index contributed by atoms with van der Waals surface area (Å²) in [7, 11) is 0. The van der Waals surface area contributed by atoms with Crippen molar-refractivity contribution in [2.45, 2.75) is 39.7 Å². The minimum absolute atomic E-state index is 0.225. The lowest BCUT2D eigenvalue weighted by molar-refractivity contribution is -0.140. The molecule has 0 saturated carbocycles. The van der Waals surface area contributed by atoms with E-state index in [1.807, 2.05) is 42.5 Å². The molecule has 2 aromatic rings. The third kappa shape index (κ3) is 2.62. The maximum atomic E-state index is 12.3. The first-order valence-corrected chi connectivity index (χ1v) is 7.42. The normalized spacial score (nSPS) is 17.4. The topological polar surface area (TPSA) is 63.9 Å². The molecule has 0 radical (unpaired) electrons. The highest BCUT2D eigenvalue weighted by atomic mass is 16.2. The Kier molecular flexibility index (Phi) is 3.39. The van der Waals surface area contributed by atoms with Gasteiger partial charge in [0.25, 0.3) is 0 Å². The minimum Gasteiger partial charge on any atom is -0.342 e. The molecule has 0 spiro atoms. The summed E-state index contributed by atoms with van der Waals surface area (Å²) in [5.41, 5.74) is 1.35. The van der Waals surface area contributed by atoms with E-state index in [-0.39, 0.29) is 17.4 Å². The van der Waals surface area contributed by atoms with E-state index in [9.17, 15) is 4.79 Å². The largest absolute Gasteiger partial charge is 0.342 e. The van der Waals surface area contributed by atoms with Gasteiger partial charge in [0.15, 0.2) is 5.65 Å². The highest BCUT2D eigenvalue weighted by Gasteiger charge is 2.31. The van der Waals surface area contributed by atoms with Crippen molar-refractivity contribution < 1.29 is 4.79 Å². The van der Waals surface area contributed by atoms with Gasteiger partial charge in [-0.1, -0.05) is 26.0 Å². The summed E-state index contributed by atoms with van der Waals surface area (Å²) in [6, 6.07) is 4.06. The lowest BCUT2D eigenvalue weighted by Gasteiger charge is -2.35. The second-order valence-corrected chi connectivity index (χ2v) is 6.65. The number of rotatable bonds is 1. The fourth-order valence-electron chi connectivity index (χ4n) is 2.82. The highest BCUT2D eigenvalue weighted by Crippen LogP contribution is 2.27. The van der Waals surface area contributed by atoms with Crippen LogP contribution in [0.1, 0.15) is 39.7 Å². The fourth-order valence-corrected chi connectivity index (χ4v) is 2.82. The number of hydrogen-bond acceptors (Lipinski definition) is 4. The van der Waals surface area contributed by atoms with Crippen molar-refractivity contribution in [2.75, 3.05) is 13.1 Å². The van der Waals surface area contributed by atoms with E-state index in [0.717, 1.165) is 37.1 Å². The number of likely N-dealkylation sites (tertiary alicyclic amines) is 1. The highest BCUT2D eigenvalue weighted by molar-refractivity contribution is 5.81. The Morgan fingerprint density at radius 3 is 2.67 bits per heavy atom. The second kappa shape index (κ2) is 5.09. The second-order valence-electron chi connectivity index (χ2n) is 6.65. The van der Waals surface area contributed by atoms with Gasteiger partial charge in [-0.15, -0.1) is 5.10 Å². The summed E-state index contributed by atoms with van der Waals surface area (Å²) in [4.78, 5) is 18.6. The number of piperidine rings is 1. The molecule has 0 bridgehead atoms. The Morgan fingerprint density at radius 2 is 2.00 bits per heavy atom. The number of nitrogens with zero attached hydrogens (tertiary/aromatic N) is 5. The molecule has 21 heavy (non-hydrogen) atoms. The molecule has 1 saturated heterocycles. The van der Waals surface area contributed by atoms with Crippen molar-refractivity contribution in [3.63, 3.8) is 0 Å². The first-order valence-electron chi connectivity index (χ1n) is 7.42. The molecule has 0 aromatic carbocycles. The van der Waals surface area contributed by atoms with E-state index >= 15 is 0 Å².